The highest BCUT2D eigenvalue weighted by Gasteiger charge is 2.05. The van der Waals surface area contributed by atoms with Crippen molar-refractivity contribution in [1.82, 2.24) is 10.6 Å². The molecule has 0 saturated carbocycles. The average molecular weight is 317 g/mol. The summed E-state index contributed by atoms with van der Waals surface area (Å²) in [6.07, 6.45) is 2.16. The largest absolute Gasteiger partial charge is 0.355 e. The number of hydrogen-bond donors (Lipinski definition) is 2. The maximum absolute atomic E-state index is 11.7. The highest BCUT2D eigenvalue weighted by Crippen LogP contribution is 2.23. The number of hydrogen-bond acceptors (Lipinski definition) is 2. The molecule has 3 nitrogen and oxygen atoms in total. The molecule has 0 aliphatic carbocycles. The summed E-state index contributed by atoms with van der Waals surface area (Å²) in [7, 11) is 0. The van der Waals surface area contributed by atoms with Crippen LogP contribution in [0.5, 0.6) is 0 Å². The summed E-state index contributed by atoms with van der Waals surface area (Å²) in [6, 6.07) is 5.89. The number of benzene rings is 1. The second-order valence-corrected chi connectivity index (χ2v) is 5.68. The minimum atomic E-state index is 0.0924. The summed E-state index contributed by atoms with van der Waals surface area (Å²) >= 11 is 11.8. The van der Waals surface area contributed by atoms with Gasteiger partial charge >= 0.3 is 0 Å². The minimum absolute atomic E-state index is 0.0924. The number of amides is 1. The maximum Gasteiger partial charge on any atom is 0.220 e. The van der Waals surface area contributed by atoms with Crippen LogP contribution in [0.4, 0.5) is 0 Å². The molecule has 112 valence electrons. The normalized spacial score (nSPS) is 12.2. The van der Waals surface area contributed by atoms with Gasteiger partial charge in [0.2, 0.25) is 5.91 Å². The predicted octanol–water partition coefficient (Wildman–Crippen LogP) is 3.43. The fourth-order valence-electron chi connectivity index (χ4n) is 1.92. The van der Waals surface area contributed by atoms with Crippen molar-refractivity contribution in [2.24, 2.45) is 0 Å². The lowest BCUT2D eigenvalue weighted by Crippen LogP contribution is -2.38. The molecule has 0 unspecified atom stereocenters. The van der Waals surface area contributed by atoms with E-state index in [9.17, 15) is 4.79 Å². The van der Waals surface area contributed by atoms with Crippen LogP contribution in [-0.4, -0.2) is 25.0 Å². The van der Waals surface area contributed by atoms with Crippen molar-refractivity contribution in [3.8, 4) is 0 Å². The third-order valence-corrected chi connectivity index (χ3v) is 3.75. The zero-order chi connectivity index (χ0) is 15.0. The van der Waals surface area contributed by atoms with E-state index < -0.39 is 0 Å². The molecule has 0 heterocycles. The van der Waals surface area contributed by atoms with E-state index in [1.54, 1.807) is 6.07 Å². The van der Waals surface area contributed by atoms with Crippen molar-refractivity contribution < 1.29 is 4.79 Å². The van der Waals surface area contributed by atoms with Crippen LogP contribution in [0.2, 0.25) is 10.0 Å². The van der Waals surface area contributed by atoms with Crippen molar-refractivity contribution in [2.75, 3.05) is 13.1 Å². The predicted molar refractivity (Wildman–Crippen MR) is 85.5 cm³/mol. The first kappa shape index (κ1) is 17.3. The first-order chi connectivity index (χ1) is 9.52. The van der Waals surface area contributed by atoms with E-state index in [4.69, 9.17) is 23.2 Å². The molecule has 1 rings (SSSR count). The summed E-state index contributed by atoms with van der Waals surface area (Å²) in [5.41, 5.74) is 1.10. The van der Waals surface area contributed by atoms with Gasteiger partial charge in [0.05, 0.1) is 10.0 Å². The third-order valence-electron chi connectivity index (χ3n) is 3.01. The Morgan fingerprint density at radius 2 is 2.05 bits per heavy atom. The molecule has 0 spiro atoms. The molecule has 0 bridgehead atoms. The van der Waals surface area contributed by atoms with Crippen molar-refractivity contribution >= 4 is 29.1 Å². The molecular formula is C15H22Cl2N2O. The summed E-state index contributed by atoms with van der Waals surface area (Å²) < 4.78 is 0. The quantitative estimate of drug-likeness (QED) is 0.771. The molecule has 1 atom stereocenters. The number of rotatable bonds is 8. The standard InChI is InChI=1S/C15H22Cl2N2O/c1-3-18-11(2)10-19-15(20)6-4-5-12-7-8-13(16)14(17)9-12/h7-9,11,18H,3-6,10H2,1-2H3,(H,19,20)/t11-/m1/s1. The smallest absolute Gasteiger partial charge is 0.220 e. The van der Waals surface area contributed by atoms with E-state index in [2.05, 4.69) is 24.5 Å². The molecule has 5 heteroatoms. The molecule has 0 fully saturated rings. The molecule has 0 aliphatic rings. The number of carbonyl (C=O) groups is 1. The van der Waals surface area contributed by atoms with Crippen LogP contribution >= 0.6 is 23.2 Å². The Kier molecular flexibility index (Phi) is 7.97. The molecular weight excluding hydrogens is 295 g/mol. The number of nitrogens with one attached hydrogen (secondary N) is 2. The van der Waals surface area contributed by atoms with Gasteiger partial charge in [-0.1, -0.05) is 36.2 Å². The van der Waals surface area contributed by atoms with Gasteiger partial charge in [0, 0.05) is 19.0 Å². The number of carbonyl (C=O) groups excluding carboxylic acids is 1. The van der Waals surface area contributed by atoms with Crippen LogP contribution in [0.1, 0.15) is 32.3 Å². The lowest BCUT2D eigenvalue weighted by molar-refractivity contribution is -0.121. The van der Waals surface area contributed by atoms with E-state index in [1.807, 2.05) is 12.1 Å². The second-order valence-electron chi connectivity index (χ2n) is 4.86. The van der Waals surface area contributed by atoms with Gasteiger partial charge in [-0.2, -0.15) is 0 Å². The Hall–Kier alpha value is -0.770. The van der Waals surface area contributed by atoms with Gasteiger partial charge in [0.25, 0.3) is 0 Å². The zero-order valence-electron chi connectivity index (χ0n) is 12.0. The third kappa shape index (κ3) is 6.60. The van der Waals surface area contributed by atoms with Crippen LogP contribution < -0.4 is 10.6 Å². The maximum atomic E-state index is 11.7. The van der Waals surface area contributed by atoms with Crippen molar-refractivity contribution in [2.45, 2.75) is 39.2 Å². The molecule has 20 heavy (non-hydrogen) atoms. The molecule has 1 aromatic rings. The van der Waals surface area contributed by atoms with Gasteiger partial charge in [-0.15, -0.1) is 0 Å². The van der Waals surface area contributed by atoms with Crippen molar-refractivity contribution in [3.63, 3.8) is 0 Å². The first-order valence-electron chi connectivity index (χ1n) is 6.97. The van der Waals surface area contributed by atoms with Gasteiger partial charge in [-0.25, -0.2) is 0 Å². The molecule has 0 saturated heterocycles. The summed E-state index contributed by atoms with van der Waals surface area (Å²) in [4.78, 5) is 11.7. The summed E-state index contributed by atoms with van der Waals surface area (Å²) in [5.74, 6) is 0.0924. The molecule has 0 aromatic heterocycles. The lowest BCUT2D eigenvalue weighted by atomic mass is 10.1. The number of halogens is 2. The van der Waals surface area contributed by atoms with Crippen LogP contribution in [-0.2, 0) is 11.2 Å². The molecule has 0 radical (unpaired) electrons. The van der Waals surface area contributed by atoms with E-state index in [0.29, 0.717) is 29.1 Å². The molecule has 1 amide bonds. The van der Waals surface area contributed by atoms with E-state index in [-0.39, 0.29) is 5.91 Å². The van der Waals surface area contributed by atoms with Crippen LogP contribution in [0.15, 0.2) is 18.2 Å². The van der Waals surface area contributed by atoms with E-state index >= 15 is 0 Å². The SMILES string of the molecule is CCN[C@H](C)CNC(=O)CCCc1ccc(Cl)c(Cl)c1. The highest BCUT2D eigenvalue weighted by atomic mass is 35.5. The van der Waals surface area contributed by atoms with E-state index in [1.165, 1.54) is 0 Å². The minimum Gasteiger partial charge on any atom is -0.355 e. The lowest BCUT2D eigenvalue weighted by Gasteiger charge is -2.13. The fourth-order valence-corrected chi connectivity index (χ4v) is 2.24. The molecule has 1 aromatic carbocycles. The monoisotopic (exact) mass is 316 g/mol. The number of likely N-dealkylation sites (N-methyl/N-ethyl adjacent to an activating group) is 1. The average Bonchev–Trinajstić information content (AvgIpc) is 2.41. The Labute approximate surface area is 131 Å². The van der Waals surface area contributed by atoms with Gasteiger partial charge in [0.15, 0.2) is 0 Å². The Morgan fingerprint density at radius 3 is 2.70 bits per heavy atom. The fraction of sp³-hybridized carbons (Fsp3) is 0.533. The van der Waals surface area contributed by atoms with Gasteiger partial charge < -0.3 is 10.6 Å². The number of aryl methyl sites for hydroxylation is 1. The van der Waals surface area contributed by atoms with Gasteiger partial charge in [0.1, 0.15) is 0 Å². The van der Waals surface area contributed by atoms with Crippen molar-refractivity contribution in [3.05, 3.63) is 33.8 Å². The van der Waals surface area contributed by atoms with Crippen LogP contribution in [0.3, 0.4) is 0 Å². The van der Waals surface area contributed by atoms with Crippen LogP contribution in [0, 0.1) is 0 Å². The van der Waals surface area contributed by atoms with Crippen LogP contribution in [0.25, 0.3) is 0 Å². The topological polar surface area (TPSA) is 41.1 Å². The van der Waals surface area contributed by atoms with Gasteiger partial charge in [-0.3, -0.25) is 4.79 Å². The van der Waals surface area contributed by atoms with Crippen molar-refractivity contribution in [1.29, 1.82) is 0 Å². The Balaban J connectivity index is 2.23. The summed E-state index contributed by atoms with van der Waals surface area (Å²) in [5, 5.41) is 7.30. The molecule has 2 N–H and O–H groups in total. The highest BCUT2D eigenvalue weighted by molar-refractivity contribution is 6.42. The summed E-state index contributed by atoms with van der Waals surface area (Å²) in [6.45, 7) is 5.68. The Bertz CT molecular complexity index is 438. The first-order valence-corrected chi connectivity index (χ1v) is 7.72. The van der Waals surface area contributed by atoms with E-state index in [0.717, 1.165) is 24.9 Å². The van der Waals surface area contributed by atoms with Gasteiger partial charge in [-0.05, 0) is 44.0 Å². The Morgan fingerprint density at radius 1 is 1.30 bits per heavy atom. The second kappa shape index (κ2) is 9.22. The zero-order valence-corrected chi connectivity index (χ0v) is 13.5. The molecule has 0 aliphatic heterocycles.